The van der Waals surface area contributed by atoms with Gasteiger partial charge in [-0.05, 0) is 58.0 Å². The van der Waals surface area contributed by atoms with Crippen molar-refractivity contribution >= 4 is 32.3 Å². The van der Waals surface area contributed by atoms with E-state index < -0.39 is 11.6 Å². The lowest BCUT2D eigenvalue weighted by molar-refractivity contribution is -0.659. The van der Waals surface area contributed by atoms with Crippen LogP contribution in [-0.4, -0.2) is 6.18 Å². The zero-order valence-electron chi connectivity index (χ0n) is 22.5. The lowest BCUT2D eigenvalue weighted by Gasteiger charge is -2.28. The van der Waals surface area contributed by atoms with E-state index in [0.717, 1.165) is 44.3 Å². The normalized spacial score (nSPS) is 13.4. The summed E-state index contributed by atoms with van der Waals surface area (Å²) in [6.45, 7) is 9.05. The van der Waals surface area contributed by atoms with Gasteiger partial charge in [0.15, 0.2) is 6.20 Å². The van der Waals surface area contributed by atoms with E-state index in [1.165, 1.54) is 35.7 Å². The highest BCUT2D eigenvalue weighted by Gasteiger charge is 2.47. The van der Waals surface area contributed by atoms with Gasteiger partial charge in [0, 0.05) is 17.0 Å². The van der Waals surface area contributed by atoms with Crippen molar-refractivity contribution in [3.8, 4) is 22.8 Å². The largest absolute Gasteiger partial charge is 0.455 e. The Kier molecular flexibility index (Phi) is 5.33. The van der Waals surface area contributed by atoms with Gasteiger partial charge < -0.3 is 4.74 Å². The quantitative estimate of drug-likeness (QED) is 0.169. The molecule has 0 saturated heterocycles. The van der Waals surface area contributed by atoms with E-state index in [4.69, 9.17) is 4.74 Å². The molecule has 0 fully saturated rings. The molecule has 4 aromatic carbocycles. The summed E-state index contributed by atoms with van der Waals surface area (Å²) in [5, 5.41) is 6.37. The van der Waals surface area contributed by atoms with Crippen molar-refractivity contribution < 1.29 is 22.5 Å². The van der Waals surface area contributed by atoms with E-state index in [0.29, 0.717) is 5.56 Å². The van der Waals surface area contributed by atoms with Crippen LogP contribution in [0.5, 0.6) is 11.5 Å². The number of nitrogens with zero attached hydrogens (tertiary/aromatic N) is 1. The zero-order valence-corrected chi connectivity index (χ0v) is 22.5. The van der Waals surface area contributed by atoms with Gasteiger partial charge in [-0.2, -0.15) is 13.2 Å². The number of ether oxygens (including phenoxy) is 1. The van der Waals surface area contributed by atoms with Gasteiger partial charge in [0.2, 0.25) is 5.69 Å². The molecule has 0 N–H and O–H groups in total. The third kappa shape index (κ3) is 3.51. The summed E-state index contributed by atoms with van der Waals surface area (Å²) in [7, 11) is 2.06. The average molecular weight is 515 g/mol. The Labute approximate surface area is 220 Å². The minimum Gasteiger partial charge on any atom is -0.455 e. The molecule has 6 rings (SSSR count). The number of aromatic nitrogens is 1. The molecule has 0 bridgehead atoms. The van der Waals surface area contributed by atoms with E-state index in [1.807, 2.05) is 24.3 Å². The molecule has 0 spiro atoms. The maximum absolute atomic E-state index is 13.6. The maximum atomic E-state index is 13.6. The van der Waals surface area contributed by atoms with Crippen molar-refractivity contribution in [2.45, 2.75) is 53.1 Å². The molecule has 0 unspecified atom stereocenters. The second kappa shape index (κ2) is 8.20. The second-order valence-electron chi connectivity index (χ2n) is 11.6. The molecule has 0 saturated carbocycles. The van der Waals surface area contributed by atoms with Crippen LogP contribution in [0.25, 0.3) is 43.6 Å². The predicted molar refractivity (Wildman–Crippen MR) is 148 cm³/mol. The Bertz CT molecular complexity index is 1780. The van der Waals surface area contributed by atoms with Crippen LogP contribution in [0, 0.1) is 12.3 Å². The molecule has 1 aliphatic heterocycles. The first kappa shape index (κ1) is 24.7. The highest BCUT2D eigenvalue weighted by Crippen LogP contribution is 2.53. The van der Waals surface area contributed by atoms with Crippen molar-refractivity contribution in [1.29, 1.82) is 0 Å². The number of benzene rings is 4. The van der Waals surface area contributed by atoms with Crippen LogP contribution in [0.1, 0.15) is 50.3 Å². The van der Waals surface area contributed by atoms with Gasteiger partial charge in [0.05, 0.1) is 16.4 Å². The van der Waals surface area contributed by atoms with Gasteiger partial charge in [-0.15, -0.1) is 0 Å². The summed E-state index contributed by atoms with van der Waals surface area (Å²) in [5.74, 6) is 1.85. The van der Waals surface area contributed by atoms with Crippen molar-refractivity contribution in [3.63, 3.8) is 0 Å². The molecular weight excluding hydrogens is 483 g/mol. The minimum absolute atomic E-state index is 0.0822. The summed E-state index contributed by atoms with van der Waals surface area (Å²) in [6, 6.07) is 18.2. The molecule has 194 valence electrons. The first-order valence-electron chi connectivity index (χ1n) is 13.1. The summed E-state index contributed by atoms with van der Waals surface area (Å²) in [5.41, 5.74) is 3.41. The summed E-state index contributed by atoms with van der Waals surface area (Å²) >= 11 is 0. The molecule has 2 heterocycles. The van der Waals surface area contributed by atoms with Crippen LogP contribution in [0.2, 0.25) is 0 Å². The number of hydrogen-bond acceptors (Lipinski definition) is 1. The third-order valence-electron chi connectivity index (χ3n) is 8.17. The van der Waals surface area contributed by atoms with Gasteiger partial charge in [-0.25, -0.2) is 4.57 Å². The minimum atomic E-state index is -4.28. The number of alkyl halides is 3. The highest BCUT2D eigenvalue weighted by molar-refractivity contribution is 6.16. The second-order valence-corrected chi connectivity index (χ2v) is 11.6. The first-order valence-corrected chi connectivity index (χ1v) is 13.1. The smallest absolute Gasteiger partial charge is 0.394 e. The molecule has 0 amide bonds. The van der Waals surface area contributed by atoms with Gasteiger partial charge in [-0.1, -0.05) is 70.2 Å². The molecule has 1 aromatic heterocycles. The number of aryl methyl sites for hydroxylation is 2. The van der Waals surface area contributed by atoms with Crippen molar-refractivity contribution in [2.24, 2.45) is 12.5 Å². The molecular formula is C33H31F3NO+. The van der Waals surface area contributed by atoms with E-state index in [9.17, 15) is 13.2 Å². The third-order valence-corrected chi connectivity index (χ3v) is 8.17. The number of halogens is 3. The predicted octanol–water partition coefficient (Wildman–Crippen LogP) is 9.31. The van der Waals surface area contributed by atoms with Crippen LogP contribution < -0.4 is 9.30 Å². The Hall–Kier alpha value is -3.60. The summed E-state index contributed by atoms with van der Waals surface area (Å²) in [6.07, 6.45) is -2.29. The molecule has 38 heavy (non-hydrogen) atoms. The summed E-state index contributed by atoms with van der Waals surface area (Å²) in [4.78, 5) is 0. The lowest BCUT2D eigenvalue weighted by atomic mass is 9.83. The van der Waals surface area contributed by atoms with E-state index in [-0.39, 0.29) is 12.3 Å². The van der Waals surface area contributed by atoms with Crippen LogP contribution in [0.4, 0.5) is 13.2 Å². The SMILES string of the molecule is Cc1c2c(c(C(C)C)c3ccccc13)Oc1cc3cc(CC(C)(C)C(F)(F)F)ccc3c3cc[n+](C)c-2c13. The molecule has 5 heteroatoms. The molecule has 0 radical (unpaired) electrons. The molecule has 0 aliphatic carbocycles. The van der Waals surface area contributed by atoms with Crippen LogP contribution in [-0.2, 0) is 13.5 Å². The number of pyridine rings is 1. The van der Waals surface area contributed by atoms with Crippen LogP contribution >= 0.6 is 0 Å². The summed E-state index contributed by atoms with van der Waals surface area (Å²) < 4.78 is 49.8. The lowest BCUT2D eigenvalue weighted by Crippen LogP contribution is -2.34. The fraction of sp³-hybridized carbons (Fsp3) is 0.303. The average Bonchev–Trinajstić information content (AvgIpc) is 2.84. The van der Waals surface area contributed by atoms with E-state index >= 15 is 0 Å². The molecule has 1 aliphatic rings. The monoisotopic (exact) mass is 514 g/mol. The number of rotatable bonds is 3. The topological polar surface area (TPSA) is 13.1 Å². The van der Waals surface area contributed by atoms with Crippen molar-refractivity contribution in [1.82, 2.24) is 0 Å². The fourth-order valence-electron chi connectivity index (χ4n) is 6.10. The van der Waals surface area contributed by atoms with Crippen molar-refractivity contribution in [3.05, 3.63) is 77.5 Å². The standard InChI is InChI=1S/C33H31F3NO/c1-18(2)27-24-10-8-7-9-22(24)19(3)28-30-29-25(13-14-37(30)6)23-12-11-20(17-32(4,5)33(34,35)36)15-21(23)16-26(29)38-31(27)28/h7-16,18H,17H2,1-6H3/q+1. The first-order chi connectivity index (χ1) is 17.9. The Morgan fingerprint density at radius 2 is 1.61 bits per heavy atom. The van der Waals surface area contributed by atoms with E-state index in [2.05, 4.69) is 68.9 Å². The van der Waals surface area contributed by atoms with Gasteiger partial charge in [0.1, 0.15) is 18.5 Å². The number of hydrogen-bond donors (Lipinski definition) is 0. The van der Waals surface area contributed by atoms with Gasteiger partial charge >= 0.3 is 6.18 Å². The van der Waals surface area contributed by atoms with Gasteiger partial charge in [0.25, 0.3) is 0 Å². The molecule has 2 nitrogen and oxygen atoms in total. The van der Waals surface area contributed by atoms with E-state index in [1.54, 1.807) is 0 Å². The van der Waals surface area contributed by atoms with Gasteiger partial charge in [-0.3, -0.25) is 0 Å². The Balaban J connectivity index is 1.66. The Morgan fingerprint density at radius 1 is 0.895 bits per heavy atom. The Morgan fingerprint density at radius 3 is 2.29 bits per heavy atom. The highest BCUT2D eigenvalue weighted by atomic mass is 19.4. The fourth-order valence-corrected chi connectivity index (χ4v) is 6.10. The van der Waals surface area contributed by atoms with Crippen LogP contribution in [0.3, 0.4) is 0 Å². The van der Waals surface area contributed by atoms with Crippen molar-refractivity contribution in [2.75, 3.05) is 0 Å². The number of fused-ring (bicyclic) bond motifs is 5. The maximum Gasteiger partial charge on any atom is 0.394 e. The van der Waals surface area contributed by atoms with Crippen LogP contribution in [0.15, 0.2) is 60.8 Å². The zero-order chi connectivity index (χ0) is 27.1. The molecule has 5 aromatic rings. The molecule has 0 atom stereocenters.